The Hall–Kier alpha value is -0.860. The largest absolute Gasteiger partial charge is 0.371 e. The summed E-state index contributed by atoms with van der Waals surface area (Å²) in [5, 5.41) is 0. The summed E-state index contributed by atoms with van der Waals surface area (Å²) < 4.78 is 11.4. The Morgan fingerprint density at radius 2 is 1.50 bits per heavy atom. The Balaban J connectivity index is 1.53. The second kappa shape index (κ2) is 12.5. The number of ether oxygens (including phenoxy) is 2. The second-order valence-electron chi connectivity index (χ2n) is 7.16. The molecule has 0 aromatic heterocycles. The molecule has 2 rings (SSSR count). The van der Waals surface area contributed by atoms with Gasteiger partial charge in [-0.2, -0.15) is 0 Å². The zero-order valence-corrected chi connectivity index (χ0v) is 15.6. The molecular formula is C22H36O2. The van der Waals surface area contributed by atoms with Crippen molar-refractivity contribution in [2.45, 2.75) is 89.8 Å². The number of benzene rings is 1. The molecule has 1 aliphatic rings. The van der Waals surface area contributed by atoms with Crippen molar-refractivity contribution in [2.24, 2.45) is 0 Å². The van der Waals surface area contributed by atoms with E-state index in [-0.39, 0.29) is 6.10 Å². The average molecular weight is 333 g/mol. The highest BCUT2D eigenvalue weighted by Gasteiger charge is 2.24. The van der Waals surface area contributed by atoms with Gasteiger partial charge in [-0.15, -0.1) is 0 Å². The molecule has 1 aromatic rings. The minimum Gasteiger partial charge on any atom is -0.371 e. The van der Waals surface area contributed by atoms with Crippen LogP contribution in [0, 0.1) is 0 Å². The van der Waals surface area contributed by atoms with E-state index in [2.05, 4.69) is 37.3 Å². The molecule has 1 aliphatic heterocycles. The van der Waals surface area contributed by atoms with Gasteiger partial charge < -0.3 is 9.47 Å². The SMILES string of the molecule is CCCCCCCCCCCCC(OCC1CO1)c1ccccc1. The van der Waals surface area contributed by atoms with Crippen molar-refractivity contribution >= 4 is 0 Å². The van der Waals surface area contributed by atoms with Gasteiger partial charge in [0, 0.05) is 0 Å². The molecule has 2 unspecified atom stereocenters. The predicted octanol–water partition coefficient (Wildman–Crippen LogP) is 6.45. The standard InChI is InChI=1S/C22H36O2/c1-2-3-4-5-6-7-8-9-10-14-17-22(24-19-21-18-23-21)20-15-12-11-13-16-20/h11-13,15-16,21-22H,2-10,14,17-19H2,1H3. The second-order valence-corrected chi connectivity index (χ2v) is 7.16. The maximum absolute atomic E-state index is 6.11. The van der Waals surface area contributed by atoms with Gasteiger partial charge in [0.2, 0.25) is 0 Å². The molecule has 2 heteroatoms. The van der Waals surface area contributed by atoms with Crippen molar-refractivity contribution in [3.8, 4) is 0 Å². The molecule has 0 N–H and O–H groups in total. The molecule has 1 saturated heterocycles. The first-order valence-electron chi connectivity index (χ1n) is 10.2. The monoisotopic (exact) mass is 332 g/mol. The van der Waals surface area contributed by atoms with Crippen LogP contribution in [0.1, 0.15) is 89.2 Å². The van der Waals surface area contributed by atoms with Crippen LogP contribution in [0.3, 0.4) is 0 Å². The van der Waals surface area contributed by atoms with E-state index in [9.17, 15) is 0 Å². The summed E-state index contributed by atoms with van der Waals surface area (Å²) in [6, 6.07) is 10.7. The summed E-state index contributed by atoms with van der Waals surface area (Å²) in [6.07, 6.45) is 15.6. The maximum atomic E-state index is 6.11. The third-order valence-corrected chi connectivity index (χ3v) is 4.88. The smallest absolute Gasteiger partial charge is 0.104 e. The molecule has 1 heterocycles. The van der Waals surface area contributed by atoms with Gasteiger partial charge in [0.25, 0.3) is 0 Å². The molecule has 1 fully saturated rings. The molecule has 136 valence electrons. The normalized spacial score (nSPS) is 17.8. The lowest BCUT2D eigenvalue weighted by Gasteiger charge is -2.18. The fraction of sp³-hybridized carbons (Fsp3) is 0.727. The van der Waals surface area contributed by atoms with E-state index in [0.29, 0.717) is 6.10 Å². The van der Waals surface area contributed by atoms with E-state index in [1.165, 1.54) is 69.8 Å². The summed E-state index contributed by atoms with van der Waals surface area (Å²) in [6.45, 7) is 3.90. The lowest BCUT2D eigenvalue weighted by molar-refractivity contribution is 0.0346. The van der Waals surface area contributed by atoms with Crippen LogP contribution in [0.25, 0.3) is 0 Å². The zero-order valence-electron chi connectivity index (χ0n) is 15.6. The van der Waals surface area contributed by atoms with Gasteiger partial charge >= 0.3 is 0 Å². The molecule has 2 atom stereocenters. The maximum Gasteiger partial charge on any atom is 0.104 e. The van der Waals surface area contributed by atoms with E-state index < -0.39 is 0 Å². The Labute approximate surface area is 148 Å². The molecular weight excluding hydrogens is 296 g/mol. The summed E-state index contributed by atoms with van der Waals surface area (Å²) >= 11 is 0. The van der Waals surface area contributed by atoms with Gasteiger partial charge in [0.15, 0.2) is 0 Å². The number of hydrogen-bond donors (Lipinski definition) is 0. The number of epoxide rings is 1. The van der Waals surface area contributed by atoms with Crippen molar-refractivity contribution in [2.75, 3.05) is 13.2 Å². The van der Waals surface area contributed by atoms with Crippen LogP contribution in [-0.4, -0.2) is 19.3 Å². The summed E-state index contributed by atoms with van der Waals surface area (Å²) in [4.78, 5) is 0. The first kappa shape index (κ1) is 19.5. The highest BCUT2D eigenvalue weighted by molar-refractivity contribution is 5.17. The van der Waals surface area contributed by atoms with Crippen LogP contribution in [0.2, 0.25) is 0 Å². The third-order valence-electron chi connectivity index (χ3n) is 4.88. The van der Waals surface area contributed by atoms with Gasteiger partial charge in [-0.1, -0.05) is 101 Å². The molecule has 1 aromatic carbocycles. The van der Waals surface area contributed by atoms with Gasteiger partial charge in [0.1, 0.15) is 6.10 Å². The fourth-order valence-electron chi connectivity index (χ4n) is 3.22. The minimum absolute atomic E-state index is 0.240. The summed E-state index contributed by atoms with van der Waals surface area (Å²) in [5.41, 5.74) is 1.31. The third kappa shape index (κ3) is 8.84. The van der Waals surface area contributed by atoms with Crippen molar-refractivity contribution in [1.82, 2.24) is 0 Å². The van der Waals surface area contributed by atoms with Gasteiger partial charge in [0.05, 0.1) is 19.3 Å². The van der Waals surface area contributed by atoms with Crippen molar-refractivity contribution in [3.05, 3.63) is 35.9 Å². The fourth-order valence-corrected chi connectivity index (χ4v) is 3.22. The number of rotatable bonds is 15. The zero-order chi connectivity index (χ0) is 16.9. The predicted molar refractivity (Wildman–Crippen MR) is 101 cm³/mol. The molecule has 0 spiro atoms. The lowest BCUT2D eigenvalue weighted by atomic mass is 10.0. The quantitative estimate of drug-likeness (QED) is 0.272. The van der Waals surface area contributed by atoms with Crippen molar-refractivity contribution in [1.29, 1.82) is 0 Å². The van der Waals surface area contributed by atoms with E-state index >= 15 is 0 Å². The van der Waals surface area contributed by atoms with Crippen LogP contribution in [0.15, 0.2) is 30.3 Å². The molecule has 24 heavy (non-hydrogen) atoms. The van der Waals surface area contributed by atoms with Gasteiger partial charge in [-0.3, -0.25) is 0 Å². The van der Waals surface area contributed by atoms with Gasteiger partial charge in [-0.05, 0) is 12.0 Å². The Morgan fingerprint density at radius 3 is 2.08 bits per heavy atom. The summed E-state index contributed by atoms with van der Waals surface area (Å²) in [5.74, 6) is 0. The highest BCUT2D eigenvalue weighted by atomic mass is 16.6. The topological polar surface area (TPSA) is 21.8 Å². The van der Waals surface area contributed by atoms with Crippen molar-refractivity contribution < 1.29 is 9.47 Å². The van der Waals surface area contributed by atoms with Gasteiger partial charge in [-0.25, -0.2) is 0 Å². The van der Waals surface area contributed by atoms with Crippen LogP contribution < -0.4 is 0 Å². The average Bonchev–Trinajstić information content (AvgIpc) is 3.44. The van der Waals surface area contributed by atoms with Crippen molar-refractivity contribution in [3.63, 3.8) is 0 Å². The molecule has 0 bridgehead atoms. The van der Waals surface area contributed by atoms with Crippen LogP contribution >= 0.6 is 0 Å². The van der Waals surface area contributed by atoms with E-state index in [4.69, 9.17) is 9.47 Å². The van der Waals surface area contributed by atoms with Crippen LogP contribution in [0.4, 0.5) is 0 Å². The number of hydrogen-bond acceptors (Lipinski definition) is 2. The van der Waals surface area contributed by atoms with E-state index in [1.807, 2.05) is 0 Å². The van der Waals surface area contributed by atoms with Crippen LogP contribution in [-0.2, 0) is 9.47 Å². The van der Waals surface area contributed by atoms with E-state index in [1.54, 1.807) is 0 Å². The Kier molecular flexibility index (Phi) is 10.1. The Bertz CT molecular complexity index is 400. The lowest BCUT2D eigenvalue weighted by Crippen LogP contribution is -2.09. The first-order chi connectivity index (χ1) is 11.9. The molecule has 0 radical (unpaired) electrons. The molecule has 2 nitrogen and oxygen atoms in total. The van der Waals surface area contributed by atoms with E-state index in [0.717, 1.165) is 19.6 Å². The Morgan fingerprint density at radius 1 is 0.917 bits per heavy atom. The molecule has 0 saturated carbocycles. The first-order valence-corrected chi connectivity index (χ1v) is 10.2. The number of unbranched alkanes of at least 4 members (excludes halogenated alkanes) is 9. The van der Waals surface area contributed by atoms with Crippen LogP contribution in [0.5, 0.6) is 0 Å². The molecule has 0 amide bonds. The molecule has 0 aliphatic carbocycles. The summed E-state index contributed by atoms with van der Waals surface area (Å²) in [7, 11) is 0. The highest BCUT2D eigenvalue weighted by Crippen LogP contribution is 2.26. The minimum atomic E-state index is 0.240.